The first kappa shape index (κ1) is 14.6. The number of phenols is 1. The molecule has 0 aliphatic heterocycles. The molecule has 0 amide bonds. The van der Waals surface area contributed by atoms with Crippen LogP contribution in [0.1, 0.15) is 5.69 Å². The Kier molecular flexibility index (Phi) is 3.39. The minimum Gasteiger partial charge on any atom is -0.504 e. The highest BCUT2D eigenvalue weighted by molar-refractivity contribution is 7.03. The summed E-state index contributed by atoms with van der Waals surface area (Å²) in [6.07, 6.45) is 1.76. The van der Waals surface area contributed by atoms with E-state index in [1.54, 1.807) is 18.3 Å². The molecule has 4 rings (SSSR count). The summed E-state index contributed by atoms with van der Waals surface area (Å²) < 4.78 is 14.2. The summed E-state index contributed by atoms with van der Waals surface area (Å²) in [5.41, 5.74) is 4.37. The molecule has 8 heteroatoms. The van der Waals surface area contributed by atoms with E-state index in [0.29, 0.717) is 22.7 Å². The fourth-order valence-corrected chi connectivity index (χ4v) is 3.09. The van der Waals surface area contributed by atoms with Gasteiger partial charge in [0.1, 0.15) is 11.4 Å². The Bertz CT molecular complexity index is 1030. The topological polar surface area (TPSA) is 94.2 Å². The Morgan fingerprint density at radius 1 is 1.21 bits per heavy atom. The number of fused-ring (bicyclic) bond motifs is 1. The van der Waals surface area contributed by atoms with E-state index < -0.39 is 0 Å². The monoisotopic (exact) mass is 340 g/mol. The fourth-order valence-electron chi connectivity index (χ4n) is 2.56. The van der Waals surface area contributed by atoms with Gasteiger partial charge in [0, 0.05) is 28.0 Å². The van der Waals surface area contributed by atoms with Gasteiger partial charge in [0.2, 0.25) is 0 Å². The molecule has 120 valence electrons. The molecule has 7 nitrogen and oxygen atoms in total. The number of benzene rings is 1. The van der Waals surface area contributed by atoms with Crippen molar-refractivity contribution in [2.75, 3.05) is 7.11 Å². The summed E-state index contributed by atoms with van der Waals surface area (Å²) in [4.78, 5) is 4.66. The van der Waals surface area contributed by atoms with Crippen molar-refractivity contribution in [3.8, 4) is 34.0 Å². The average molecular weight is 340 g/mol. The first-order valence-electron chi connectivity index (χ1n) is 7.08. The van der Waals surface area contributed by atoms with Crippen LogP contribution in [0.15, 0.2) is 34.4 Å². The van der Waals surface area contributed by atoms with Gasteiger partial charge in [-0.25, -0.2) is 14.0 Å². The second kappa shape index (κ2) is 5.57. The third-order valence-electron chi connectivity index (χ3n) is 3.75. The summed E-state index contributed by atoms with van der Waals surface area (Å²) in [7, 11) is 1.50. The summed E-state index contributed by atoms with van der Waals surface area (Å²) in [6.45, 7) is 1.81. The van der Waals surface area contributed by atoms with Gasteiger partial charge in [0.05, 0.1) is 24.5 Å². The molecule has 0 atom stereocenters. The van der Waals surface area contributed by atoms with Gasteiger partial charge in [-0.05, 0) is 35.7 Å². The average Bonchev–Trinajstić information content (AvgIpc) is 3.25. The van der Waals surface area contributed by atoms with E-state index >= 15 is 0 Å². The van der Waals surface area contributed by atoms with Crippen molar-refractivity contribution < 1.29 is 14.5 Å². The van der Waals surface area contributed by atoms with Crippen molar-refractivity contribution >= 4 is 22.4 Å². The minimum atomic E-state index is 0.0344. The molecule has 3 aromatic heterocycles. The number of aromatic nitrogens is 4. The zero-order chi connectivity index (χ0) is 16.7. The molecule has 0 fully saturated rings. The molecular formula is C16H12N4O3S. The van der Waals surface area contributed by atoms with E-state index in [1.165, 1.54) is 18.6 Å². The number of phenolic OH excluding ortho intramolecular Hbond substituents is 1. The van der Waals surface area contributed by atoms with E-state index in [2.05, 4.69) is 19.7 Å². The smallest absolute Gasteiger partial charge is 0.162 e. The van der Waals surface area contributed by atoms with Crippen LogP contribution in [-0.4, -0.2) is 31.9 Å². The molecule has 0 saturated carbocycles. The first-order valence-corrected chi connectivity index (χ1v) is 7.92. The molecule has 0 aliphatic carbocycles. The molecular weight excluding hydrogens is 328 g/mol. The molecule has 0 unspecified atom stereocenters. The maximum absolute atomic E-state index is 10.1. The van der Waals surface area contributed by atoms with Crippen LogP contribution in [-0.2, 0) is 0 Å². The molecule has 0 radical (unpaired) electrons. The Labute approximate surface area is 140 Å². The highest BCUT2D eigenvalue weighted by Gasteiger charge is 2.17. The zero-order valence-corrected chi connectivity index (χ0v) is 13.7. The third kappa shape index (κ3) is 2.28. The maximum atomic E-state index is 10.1. The van der Waals surface area contributed by atoms with Crippen LogP contribution in [0, 0.1) is 6.92 Å². The van der Waals surface area contributed by atoms with Gasteiger partial charge in [-0.15, -0.1) is 0 Å². The first-order chi connectivity index (χ1) is 11.7. The van der Waals surface area contributed by atoms with E-state index in [1.807, 2.05) is 18.4 Å². The number of rotatable bonds is 3. The number of nitrogens with zero attached hydrogens (tertiary/aromatic N) is 4. The van der Waals surface area contributed by atoms with E-state index in [-0.39, 0.29) is 5.75 Å². The van der Waals surface area contributed by atoms with Crippen LogP contribution in [0.4, 0.5) is 0 Å². The Morgan fingerprint density at radius 3 is 2.75 bits per heavy atom. The van der Waals surface area contributed by atoms with Crippen LogP contribution in [0.25, 0.3) is 33.4 Å². The lowest BCUT2D eigenvalue weighted by Gasteiger charge is -2.10. The molecule has 3 heterocycles. The number of ether oxygens (including phenoxy) is 1. The van der Waals surface area contributed by atoms with Gasteiger partial charge < -0.3 is 9.84 Å². The number of methoxy groups -OCH3 is 1. The van der Waals surface area contributed by atoms with Crippen molar-refractivity contribution in [1.82, 2.24) is 19.7 Å². The molecule has 0 aliphatic rings. The van der Waals surface area contributed by atoms with Gasteiger partial charge >= 0.3 is 0 Å². The van der Waals surface area contributed by atoms with Gasteiger partial charge in [-0.3, -0.25) is 0 Å². The van der Waals surface area contributed by atoms with Gasteiger partial charge in [0.25, 0.3) is 0 Å². The molecule has 0 bridgehead atoms. The second-order valence-corrected chi connectivity index (χ2v) is 5.86. The highest BCUT2D eigenvalue weighted by Crippen LogP contribution is 2.38. The standard InChI is InChI=1S/C16H12N4O3S/c1-8-16(20-23-19-8)11-3-12(9-6-17-24-7-9)18-13-5-15(22-2)14(21)4-10(11)13/h3-7,21H,1-2H3. The highest BCUT2D eigenvalue weighted by atomic mass is 32.1. The molecule has 1 N–H and O–H groups in total. The molecule has 0 saturated heterocycles. The molecule has 0 spiro atoms. The third-order valence-corrected chi connectivity index (χ3v) is 4.33. The van der Waals surface area contributed by atoms with Crippen LogP contribution >= 0.6 is 11.5 Å². The van der Waals surface area contributed by atoms with Crippen molar-refractivity contribution in [3.63, 3.8) is 0 Å². The fraction of sp³-hybridized carbons (Fsp3) is 0.125. The van der Waals surface area contributed by atoms with Gasteiger partial charge in [0.15, 0.2) is 11.5 Å². The predicted molar refractivity (Wildman–Crippen MR) is 89.1 cm³/mol. The van der Waals surface area contributed by atoms with Crippen LogP contribution in [0.3, 0.4) is 0 Å². The van der Waals surface area contributed by atoms with Gasteiger partial charge in [-0.1, -0.05) is 5.16 Å². The quantitative estimate of drug-likeness (QED) is 0.610. The lowest BCUT2D eigenvalue weighted by atomic mass is 10.0. The number of aryl methyl sites for hydroxylation is 1. The lowest BCUT2D eigenvalue weighted by molar-refractivity contribution is 0.306. The normalized spacial score (nSPS) is 11.1. The summed E-state index contributed by atoms with van der Waals surface area (Å²) in [6, 6.07) is 5.20. The summed E-state index contributed by atoms with van der Waals surface area (Å²) >= 11 is 1.36. The molecule has 24 heavy (non-hydrogen) atoms. The minimum absolute atomic E-state index is 0.0344. The second-order valence-electron chi connectivity index (χ2n) is 5.21. The van der Waals surface area contributed by atoms with Crippen LogP contribution in [0.5, 0.6) is 11.5 Å². The van der Waals surface area contributed by atoms with Crippen molar-refractivity contribution in [1.29, 1.82) is 0 Å². The van der Waals surface area contributed by atoms with Crippen molar-refractivity contribution in [2.24, 2.45) is 0 Å². The van der Waals surface area contributed by atoms with Crippen LogP contribution in [0.2, 0.25) is 0 Å². The summed E-state index contributed by atoms with van der Waals surface area (Å²) in [5.74, 6) is 0.392. The maximum Gasteiger partial charge on any atom is 0.162 e. The zero-order valence-electron chi connectivity index (χ0n) is 12.8. The Hall–Kier alpha value is -3.00. The van der Waals surface area contributed by atoms with Gasteiger partial charge in [-0.2, -0.15) is 0 Å². The number of pyridine rings is 1. The van der Waals surface area contributed by atoms with E-state index in [9.17, 15) is 5.11 Å². The number of hydrogen-bond donors (Lipinski definition) is 1. The molecule has 1 aromatic carbocycles. The Balaban J connectivity index is 2.07. The molecule has 4 aromatic rings. The number of aromatic hydroxyl groups is 1. The predicted octanol–water partition coefficient (Wildman–Crippen LogP) is 3.43. The lowest BCUT2D eigenvalue weighted by Crippen LogP contribution is -1.92. The van der Waals surface area contributed by atoms with Crippen LogP contribution < -0.4 is 4.74 Å². The summed E-state index contributed by atoms with van der Waals surface area (Å²) in [5, 5.41) is 20.6. The SMILES string of the molecule is COc1cc2nc(-c3cnsc3)cc(-c3nonc3C)c2cc1O. The van der Waals surface area contributed by atoms with E-state index in [4.69, 9.17) is 9.37 Å². The number of hydrogen-bond acceptors (Lipinski definition) is 8. The van der Waals surface area contributed by atoms with Crippen molar-refractivity contribution in [3.05, 3.63) is 35.5 Å². The van der Waals surface area contributed by atoms with E-state index in [0.717, 1.165) is 22.2 Å². The van der Waals surface area contributed by atoms with Crippen molar-refractivity contribution in [2.45, 2.75) is 6.92 Å². The Morgan fingerprint density at radius 2 is 2.08 bits per heavy atom. The largest absolute Gasteiger partial charge is 0.504 e.